The van der Waals surface area contributed by atoms with E-state index in [9.17, 15) is 14.4 Å². The van der Waals surface area contributed by atoms with Crippen LogP contribution in [0.5, 0.6) is 11.6 Å². The molecule has 1 aromatic carbocycles. The van der Waals surface area contributed by atoms with E-state index < -0.39 is 5.82 Å². The second-order valence-corrected chi connectivity index (χ2v) is 5.97. The summed E-state index contributed by atoms with van der Waals surface area (Å²) in [6, 6.07) is 8.49. The molecule has 0 N–H and O–H groups in total. The zero-order valence-electron chi connectivity index (χ0n) is 13.7. The minimum absolute atomic E-state index is 0.0420. The standard InChI is InChI=1S/C18H14ClFN4O2/c19-18-22-11-15(20)16(23-18)26-14-5-3-4-12(9-14)8-13(10-21)17(25)24-6-1-2-7-24/h3-5,8-9,11H,1-2,6-7H2/b13-8+. The topological polar surface area (TPSA) is 79.1 Å². The van der Waals surface area contributed by atoms with Crippen LogP contribution < -0.4 is 4.74 Å². The van der Waals surface area contributed by atoms with Crippen molar-refractivity contribution in [1.29, 1.82) is 5.26 Å². The first kappa shape index (κ1) is 17.8. The normalized spacial score (nSPS) is 14.2. The number of benzene rings is 1. The van der Waals surface area contributed by atoms with E-state index in [4.69, 9.17) is 16.3 Å². The van der Waals surface area contributed by atoms with E-state index in [-0.39, 0.29) is 22.6 Å². The van der Waals surface area contributed by atoms with E-state index in [1.165, 1.54) is 6.08 Å². The lowest BCUT2D eigenvalue weighted by Gasteiger charge is -2.14. The van der Waals surface area contributed by atoms with Gasteiger partial charge in [-0.3, -0.25) is 4.79 Å². The largest absolute Gasteiger partial charge is 0.436 e. The van der Waals surface area contributed by atoms with Crippen LogP contribution in [0, 0.1) is 17.1 Å². The molecule has 2 aromatic rings. The number of nitrogens with zero attached hydrogens (tertiary/aromatic N) is 4. The molecule has 0 spiro atoms. The van der Waals surface area contributed by atoms with Crippen molar-refractivity contribution in [2.45, 2.75) is 12.8 Å². The van der Waals surface area contributed by atoms with Gasteiger partial charge in [0, 0.05) is 13.1 Å². The quantitative estimate of drug-likeness (QED) is 0.465. The van der Waals surface area contributed by atoms with Crippen molar-refractivity contribution < 1.29 is 13.9 Å². The number of nitriles is 1. The molecule has 1 saturated heterocycles. The molecule has 0 saturated carbocycles. The number of amides is 1. The first-order chi connectivity index (χ1) is 12.6. The summed E-state index contributed by atoms with van der Waals surface area (Å²) in [4.78, 5) is 21.2. The van der Waals surface area contributed by atoms with Crippen molar-refractivity contribution in [2.75, 3.05) is 13.1 Å². The highest BCUT2D eigenvalue weighted by atomic mass is 35.5. The number of hydrogen-bond acceptors (Lipinski definition) is 5. The molecule has 1 aromatic heterocycles. The van der Waals surface area contributed by atoms with Gasteiger partial charge in [-0.2, -0.15) is 14.6 Å². The number of halogens is 2. The molecule has 8 heteroatoms. The third kappa shape index (κ3) is 4.16. The van der Waals surface area contributed by atoms with Crippen LogP contribution in [0.15, 0.2) is 36.0 Å². The molecular formula is C18H14ClFN4O2. The zero-order chi connectivity index (χ0) is 18.5. The molecule has 0 atom stereocenters. The van der Waals surface area contributed by atoms with Gasteiger partial charge in [0.1, 0.15) is 17.4 Å². The summed E-state index contributed by atoms with van der Waals surface area (Å²) >= 11 is 5.64. The minimum Gasteiger partial charge on any atom is -0.436 e. The summed E-state index contributed by atoms with van der Waals surface area (Å²) in [7, 11) is 0. The summed E-state index contributed by atoms with van der Waals surface area (Å²) in [5.74, 6) is -1.06. The molecule has 3 rings (SSSR count). The Bertz CT molecular complexity index is 904. The lowest BCUT2D eigenvalue weighted by molar-refractivity contribution is -0.125. The maximum atomic E-state index is 13.7. The Morgan fingerprint density at radius 2 is 2.15 bits per heavy atom. The van der Waals surface area contributed by atoms with Crippen molar-refractivity contribution >= 4 is 23.6 Å². The van der Waals surface area contributed by atoms with Crippen molar-refractivity contribution in [1.82, 2.24) is 14.9 Å². The fraction of sp³-hybridized carbons (Fsp3) is 0.222. The maximum Gasteiger partial charge on any atom is 0.264 e. The van der Waals surface area contributed by atoms with Gasteiger partial charge in [-0.05, 0) is 48.2 Å². The molecule has 26 heavy (non-hydrogen) atoms. The Labute approximate surface area is 154 Å². The lowest BCUT2D eigenvalue weighted by atomic mass is 10.1. The first-order valence-corrected chi connectivity index (χ1v) is 8.31. The first-order valence-electron chi connectivity index (χ1n) is 7.94. The van der Waals surface area contributed by atoms with Crippen LogP contribution in [-0.2, 0) is 4.79 Å². The van der Waals surface area contributed by atoms with Gasteiger partial charge in [-0.25, -0.2) is 4.98 Å². The molecule has 0 aliphatic carbocycles. The molecule has 132 valence electrons. The van der Waals surface area contributed by atoms with Gasteiger partial charge in [0.15, 0.2) is 0 Å². The molecule has 2 heterocycles. The van der Waals surface area contributed by atoms with Gasteiger partial charge in [-0.1, -0.05) is 12.1 Å². The third-order valence-electron chi connectivity index (χ3n) is 3.81. The molecule has 1 amide bonds. The molecule has 0 bridgehead atoms. The fourth-order valence-corrected chi connectivity index (χ4v) is 2.71. The van der Waals surface area contributed by atoms with E-state index in [0.29, 0.717) is 24.4 Å². The average Bonchev–Trinajstić information content (AvgIpc) is 3.17. The molecule has 0 unspecified atom stereocenters. The Hall–Kier alpha value is -2.98. The predicted molar refractivity (Wildman–Crippen MR) is 92.9 cm³/mol. The van der Waals surface area contributed by atoms with Gasteiger partial charge in [0.2, 0.25) is 11.1 Å². The lowest BCUT2D eigenvalue weighted by Crippen LogP contribution is -2.28. The van der Waals surface area contributed by atoms with Crippen LogP contribution >= 0.6 is 11.6 Å². The fourth-order valence-electron chi connectivity index (χ4n) is 2.58. The van der Waals surface area contributed by atoms with Gasteiger partial charge in [0.25, 0.3) is 11.8 Å². The number of carbonyl (C=O) groups is 1. The van der Waals surface area contributed by atoms with E-state index >= 15 is 0 Å². The molecule has 6 nitrogen and oxygen atoms in total. The van der Waals surface area contributed by atoms with Gasteiger partial charge >= 0.3 is 0 Å². The summed E-state index contributed by atoms with van der Waals surface area (Å²) in [6.07, 6.45) is 4.29. The minimum atomic E-state index is -0.753. The predicted octanol–water partition coefficient (Wildman–Crippen LogP) is 3.59. The van der Waals surface area contributed by atoms with E-state index in [1.54, 1.807) is 29.2 Å². The van der Waals surface area contributed by atoms with Crippen LogP contribution in [0.3, 0.4) is 0 Å². The van der Waals surface area contributed by atoms with Gasteiger partial charge in [-0.15, -0.1) is 0 Å². The summed E-state index contributed by atoms with van der Waals surface area (Å²) in [5.41, 5.74) is 0.618. The molecule has 1 aliphatic rings. The Balaban J connectivity index is 1.83. The highest BCUT2D eigenvalue weighted by Gasteiger charge is 2.21. The molecule has 1 aliphatic heterocycles. The van der Waals surface area contributed by atoms with Crippen molar-refractivity contribution in [3.63, 3.8) is 0 Å². The van der Waals surface area contributed by atoms with Crippen LogP contribution in [-0.4, -0.2) is 33.9 Å². The molecule has 0 radical (unpaired) electrons. The van der Waals surface area contributed by atoms with E-state index in [1.807, 2.05) is 6.07 Å². The number of ether oxygens (including phenoxy) is 1. The second kappa shape index (κ2) is 7.93. The number of aromatic nitrogens is 2. The Morgan fingerprint density at radius 3 is 2.88 bits per heavy atom. The zero-order valence-corrected chi connectivity index (χ0v) is 14.4. The number of carbonyl (C=O) groups excluding carboxylic acids is 1. The van der Waals surface area contributed by atoms with Crippen LogP contribution in [0.25, 0.3) is 6.08 Å². The average molecular weight is 373 g/mol. The van der Waals surface area contributed by atoms with Crippen LogP contribution in [0.4, 0.5) is 4.39 Å². The maximum absolute atomic E-state index is 13.7. The third-order valence-corrected chi connectivity index (χ3v) is 3.99. The smallest absolute Gasteiger partial charge is 0.264 e. The van der Waals surface area contributed by atoms with E-state index in [0.717, 1.165) is 19.0 Å². The number of rotatable bonds is 4. The highest BCUT2D eigenvalue weighted by molar-refractivity contribution is 6.28. The highest BCUT2D eigenvalue weighted by Crippen LogP contribution is 2.25. The Morgan fingerprint density at radius 1 is 1.38 bits per heavy atom. The summed E-state index contributed by atoms with van der Waals surface area (Å²) in [6.45, 7) is 1.32. The van der Waals surface area contributed by atoms with E-state index in [2.05, 4.69) is 9.97 Å². The van der Waals surface area contributed by atoms with Gasteiger partial charge in [0.05, 0.1) is 6.20 Å². The monoisotopic (exact) mass is 372 g/mol. The Kier molecular flexibility index (Phi) is 5.44. The summed E-state index contributed by atoms with van der Waals surface area (Å²) < 4.78 is 19.1. The molecule has 1 fully saturated rings. The van der Waals surface area contributed by atoms with Gasteiger partial charge < -0.3 is 9.64 Å². The molecular weight excluding hydrogens is 359 g/mol. The number of likely N-dealkylation sites (tertiary alicyclic amines) is 1. The second-order valence-electron chi connectivity index (χ2n) is 5.64. The summed E-state index contributed by atoms with van der Waals surface area (Å²) in [5, 5.41) is 9.17. The number of hydrogen-bond donors (Lipinski definition) is 0. The van der Waals surface area contributed by atoms with Crippen LogP contribution in [0.2, 0.25) is 5.28 Å². The SMILES string of the molecule is N#C/C(=C\c1cccc(Oc2nc(Cl)ncc2F)c1)C(=O)N1CCCC1. The van der Waals surface area contributed by atoms with Crippen molar-refractivity contribution in [3.05, 3.63) is 52.7 Å². The van der Waals surface area contributed by atoms with Crippen LogP contribution in [0.1, 0.15) is 18.4 Å². The van der Waals surface area contributed by atoms with Crippen molar-refractivity contribution in [3.8, 4) is 17.7 Å². The van der Waals surface area contributed by atoms with Crippen molar-refractivity contribution in [2.24, 2.45) is 0 Å².